The minimum Gasteiger partial charge on any atom is -0.393 e. The Kier molecular flexibility index (Phi) is 7.45. The second-order valence-electron chi connectivity index (χ2n) is 12.2. The second-order valence-corrected chi connectivity index (χ2v) is 12.2. The first-order valence-corrected chi connectivity index (χ1v) is 14.1. The normalized spacial score (nSPS) is 43.1. The third-order valence-electron chi connectivity index (χ3n) is 10.2. The number of fused-ring (bicyclic) bond motifs is 7. The highest BCUT2D eigenvalue weighted by Crippen LogP contribution is 2.69. The van der Waals surface area contributed by atoms with E-state index in [9.17, 15) is 19.5 Å². The maximum atomic E-state index is 14.0. The molecule has 0 radical (unpaired) electrons. The number of nitrogens with one attached hydrogen (secondary N) is 2. The van der Waals surface area contributed by atoms with Gasteiger partial charge in [0, 0.05) is 16.7 Å². The first-order valence-electron chi connectivity index (χ1n) is 14.1. The molecule has 5 rings (SSSR count). The lowest BCUT2D eigenvalue weighted by Gasteiger charge is -2.59. The molecular weight excluding hydrogens is 488 g/mol. The van der Waals surface area contributed by atoms with Crippen LogP contribution in [0.4, 0.5) is 0 Å². The summed E-state index contributed by atoms with van der Waals surface area (Å²) in [5.41, 5.74) is -1.13. The van der Waals surface area contributed by atoms with Gasteiger partial charge in [0.15, 0.2) is 23.5 Å². The molecular formula is C29H42N2O7. The fraction of sp³-hybridized carbons (Fsp3) is 0.759. The Morgan fingerprint density at radius 2 is 2.08 bits per heavy atom. The fourth-order valence-electron chi connectivity index (χ4n) is 8.61. The van der Waals surface area contributed by atoms with Crippen LogP contribution >= 0.6 is 0 Å². The predicted molar refractivity (Wildman–Crippen MR) is 139 cm³/mol. The van der Waals surface area contributed by atoms with Crippen LogP contribution in [0.1, 0.15) is 59.3 Å². The average molecular weight is 531 g/mol. The van der Waals surface area contributed by atoms with E-state index < -0.39 is 29.5 Å². The van der Waals surface area contributed by atoms with Gasteiger partial charge < -0.3 is 30.0 Å². The van der Waals surface area contributed by atoms with Gasteiger partial charge in [-0.25, -0.2) is 0 Å². The highest BCUT2D eigenvalue weighted by Gasteiger charge is 2.75. The first-order chi connectivity index (χ1) is 18.1. The van der Waals surface area contributed by atoms with E-state index in [2.05, 4.69) is 31.4 Å². The third-order valence-corrected chi connectivity index (χ3v) is 10.2. The Morgan fingerprint density at radius 3 is 2.82 bits per heavy atom. The van der Waals surface area contributed by atoms with Crippen LogP contribution in [0, 0.1) is 28.6 Å². The van der Waals surface area contributed by atoms with E-state index in [1.807, 2.05) is 6.08 Å². The predicted octanol–water partition coefficient (Wildman–Crippen LogP) is 2.03. The van der Waals surface area contributed by atoms with Crippen LogP contribution in [0.5, 0.6) is 0 Å². The number of allylic oxidation sites excluding steroid dienone is 4. The van der Waals surface area contributed by atoms with Crippen molar-refractivity contribution < 1.29 is 33.7 Å². The Labute approximate surface area is 224 Å². The molecule has 0 aromatic carbocycles. The minimum atomic E-state index is -1.21. The number of hydrogen-bond donors (Lipinski definition) is 3. The smallest absolute Gasteiger partial charge is 0.235 e. The number of rotatable bonds is 9. The minimum absolute atomic E-state index is 0.0110. The van der Waals surface area contributed by atoms with Crippen LogP contribution in [0.3, 0.4) is 0 Å². The van der Waals surface area contributed by atoms with Crippen molar-refractivity contribution in [3.8, 4) is 0 Å². The van der Waals surface area contributed by atoms with E-state index in [1.54, 1.807) is 19.2 Å². The molecule has 5 aliphatic rings. The number of hydrogen-bond acceptors (Lipinski definition) is 8. The number of ketones is 2. The lowest BCUT2D eigenvalue weighted by molar-refractivity contribution is -0.201. The maximum Gasteiger partial charge on any atom is 0.235 e. The molecule has 3 saturated carbocycles. The largest absolute Gasteiger partial charge is 0.393 e. The number of carbonyl (C=O) groups excluding carboxylic acids is 3. The van der Waals surface area contributed by atoms with Crippen LogP contribution in [0.2, 0.25) is 0 Å². The molecule has 0 aromatic heterocycles. The summed E-state index contributed by atoms with van der Waals surface area (Å²) in [4.78, 5) is 37.9. The molecule has 210 valence electrons. The van der Waals surface area contributed by atoms with E-state index >= 15 is 0 Å². The number of ether oxygens (including phenoxy) is 3. The Morgan fingerprint density at radius 1 is 1.29 bits per heavy atom. The van der Waals surface area contributed by atoms with Crippen molar-refractivity contribution in [2.45, 2.75) is 83.4 Å². The summed E-state index contributed by atoms with van der Waals surface area (Å²) in [5, 5.41) is 17.2. The van der Waals surface area contributed by atoms with E-state index in [1.165, 1.54) is 0 Å². The highest BCUT2D eigenvalue weighted by molar-refractivity contribution is 6.01. The Hall–Kier alpha value is -1.91. The van der Waals surface area contributed by atoms with E-state index in [0.717, 1.165) is 24.8 Å². The van der Waals surface area contributed by atoms with Crippen LogP contribution < -0.4 is 10.6 Å². The summed E-state index contributed by atoms with van der Waals surface area (Å²) in [6, 6.07) is 0. The van der Waals surface area contributed by atoms with Crippen LogP contribution in [-0.2, 0) is 28.6 Å². The monoisotopic (exact) mass is 530 g/mol. The lowest BCUT2D eigenvalue weighted by atomic mass is 9.46. The molecule has 9 atom stereocenters. The van der Waals surface area contributed by atoms with Gasteiger partial charge in [-0.1, -0.05) is 38.8 Å². The molecule has 1 saturated heterocycles. The van der Waals surface area contributed by atoms with Gasteiger partial charge in [0.1, 0.15) is 13.3 Å². The quantitative estimate of drug-likeness (QED) is 0.306. The number of aliphatic hydroxyl groups is 1. The second kappa shape index (κ2) is 10.2. The molecule has 38 heavy (non-hydrogen) atoms. The number of amides is 1. The first kappa shape index (κ1) is 27.6. The Balaban J connectivity index is 1.42. The van der Waals surface area contributed by atoms with Crippen LogP contribution in [0.25, 0.3) is 0 Å². The van der Waals surface area contributed by atoms with Gasteiger partial charge in [-0.3, -0.25) is 14.4 Å². The summed E-state index contributed by atoms with van der Waals surface area (Å²) in [6.07, 6.45) is 8.13. The zero-order chi connectivity index (χ0) is 27.3. The molecule has 4 fully saturated rings. The summed E-state index contributed by atoms with van der Waals surface area (Å²) in [7, 11) is 1.68. The van der Waals surface area contributed by atoms with E-state index in [4.69, 9.17) is 14.2 Å². The average Bonchev–Trinajstić information content (AvgIpc) is 3.34. The molecule has 9 nitrogen and oxygen atoms in total. The molecule has 0 spiro atoms. The standard InChI is InChI=1S/C29H42N2O7/c1-5-6-25-37-23-12-20-19-8-7-17-11-18(32)9-10-27(17,2)26(19)21(33)13-28(20,3)29(23,38-25)22(34)15-36-16-31-24(35)14-30-4/h9-11,19-21,23,25-26,30,33H,5-8,12-16H2,1-4H3,(H,31,35)/t19-,20-,21-,23+,25?,26+,27-,28-,29+/m0/s1. The van der Waals surface area contributed by atoms with Crippen LogP contribution in [-0.4, -0.2) is 73.6 Å². The molecule has 9 heteroatoms. The summed E-state index contributed by atoms with van der Waals surface area (Å²) in [6.45, 7) is 6.18. The zero-order valence-corrected chi connectivity index (χ0v) is 23.0. The topological polar surface area (TPSA) is 123 Å². The van der Waals surface area contributed by atoms with Crippen molar-refractivity contribution in [1.82, 2.24) is 10.6 Å². The van der Waals surface area contributed by atoms with Gasteiger partial charge >= 0.3 is 0 Å². The van der Waals surface area contributed by atoms with Gasteiger partial charge in [-0.15, -0.1) is 0 Å². The molecule has 3 N–H and O–H groups in total. The van der Waals surface area contributed by atoms with Gasteiger partial charge in [0.2, 0.25) is 5.91 Å². The molecule has 0 bridgehead atoms. The van der Waals surface area contributed by atoms with Crippen LogP contribution in [0.15, 0.2) is 23.8 Å². The van der Waals surface area contributed by atoms with Crippen molar-refractivity contribution in [2.75, 3.05) is 26.9 Å². The molecule has 4 aliphatic carbocycles. The van der Waals surface area contributed by atoms with Gasteiger partial charge in [0.25, 0.3) is 0 Å². The lowest BCUT2D eigenvalue weighted by Crippen LogP contribution is -2.63. The summed E-state index contributed by atoms with van der Waals surface area (Å²) < 4.78 is 18.6. The van der Waals surface area contributed by atoms with E-state index in [-0.39, 0.29) is 60.5 Å². The fourth-order valence-corrected chi connectivity index (χ4v) is 8.61. The number of aliphatic hydroxyl groups excluding tert-OH is 1. The van der Waals surface area contributed by atoms with Crippen molar-refractivity contribution in [2.24, 2.45) is 28.6 Å². The van der Waals surface area contributed by atoms with Crippen molar-refractivity contribution in [3.05, 3.63) is 23.8 Å². The van der Waals surface area contributed by atoms with Crippen molar-refractivity contribution in [3.63, 3.8) is 0 Å². The Bertz CT molecular complexity index is 1040. The summed E-state index contributed by atoms with van der Waals surface area (Å²) in [5.74, 6) is -0.153. The number of carbonyl (C=O) groups is 3. The molecule has 1 amide bonds. The molecule has 0 aromatic rings. The van der Waals surface area contributed by atoms with Gasteiger partial charge in [0.05, 0.1) is 18.8 Å². The molecule has 1 heterocycles. The maximum absolute atomic E-state index is 14.0. The number of likely N-dealkylation sites (N-methyl/N-ethyl adjacent to an activating group) is 1. The van der Waals surface area contributed by atoms with Crippen molar-refractivity contribution >= 4 is 17.5 Å². The third kappa shape index (κ3) is 4.13. The van der Waals surface area contributed by atoms with Crippen molar-refractivity contribution in [1.29, 1.82) is 0 Å². The van der Waals surface area contributed by atoms with Gasteiger partial charge in [-0.05, 0) is 63.1 Å². The van der Waals surface area contributed by atoms with E-state index in [0.29, 0.717) is 19.3 Å². The molecule has 1 unspecified atom stereocenters. The number of Topliss-reactive ketones (excluding diaryl/α,β-unsaturated/α-hetero) is 1. The zero-order valence-electron chi connectivity index (χ0n) is 23.0. The van der Waals surface area contributed by atoms with Gasteiger partial charge in [-0.2, -0.15) is 0 Å². The highest BCUT2D eigenvalue weighted by atomic mass is 16.7. The summed E-state index contributed by atoms with van der Waals surface area (Å²) >= 11 is 0. The molecule has 1 aliphatic heterocycles. The SMILES string of the molecule is CCCC1O[C@@H]2C[C@H]3[C@@H]4CCC5=CC(=O)C=C[C@]5(C)[C@H]4[C@@H](O)C[C@]3(C)[C@]2(C(=O)COCNC(=O)CNC)O1.